The van der Waals surface area contributed by atoms with Crippen molar-refractivity contribution in [1.82, 2.24) is 9.97 Å². The molecule has 0 saturated carbocycles. The fourth-order valence-electron chi connectivity index (χ4n) is 2.85. The molecule has 4 aromatic rings. The molecule has 2 aromatic carbocycles. The third kappa shape index (κ3) is 4.43. The van der Waals surface area contributed by atoms with Crippen molar-refractivity contribution in [3.63, 3.8) is 0 Å². The lowest BCUT2D eigenvalue weighted by Crippen LogP contribution is -2.12. The molecule has 1 amide bonds. The van der Waals surface area contributed by atoms with Gasteiger partial charge in [0.25, 0.3) is 5.91 Å². The van der Waals surface area contributed by atoms with Gasteiger partial charge in [0, 0.05) is 35.1 Å². The van der Waals surface area contributed by atoms with Crippen molar-refractivity contribution < 1.29 is 13.9 Å². The van der Waals surface area contributed by atoms with Crippen LogP contribution in [0.15, 0.2) is 71.4 Å². The molecular formula is C23H21N3O3. The summed E-state index contributed by atoms with van der Waals surface area (Å²) in [6.07, 6.45) is 3.47. The first-order valence-corrected chi connectivity index (χ1v) is 9.42. The normalized spacial score (nSPS) is 11.0. The minimum atomic E-state index is -0.219. The van der Waals surface area contributed by atoms with Crippen LogP contribution in [-0.2, 0) is 6.61 Å². The van der Waals surface area contributed by atoms with Crippen LogP contribution in [0.2, 0.25) is 0 Å². The number of pyridine rings is 1. The molecule has 1 N–H and O–H groups in total. The summed E-state index contributed by atoms with van der Waals surface area (Å²) in [5.74, 6) is 1.29. The number of aromatic nitrogens is 2. The molecule has 0 atom stereocenters. The quantitative estimate of drug-likeness (QED) is 0.493. The van der Waals surface area contributed by atoms with E-state index in [-0.39, 0.29) is 11.8 Å². The Labute approximate surface area is 168 Å². The molecule has 6 heteroatoms. The van der Waals surface area contributed by atoms with Gasteiger partial charge in [-0.25, -0.2) is 4.98 Å². The molecular weight excluding hydrogens is 366 g/mol. The van der Waals surface area contributed by atoms with Crippen molar-refractivity contribution in [2.24, 2.45) is 0 Å². The van der Waals surface area contributed by atoms with Crippen molar-refractivity contribution in [2.45, 2.75) is 26.4 Å². The topological polar surface area (TPSA) is 77.2 Å². The van der Waals surface area contributed by atoms with Crippen LogP contribution in [-0.4, -0.2) is 15.9 Å². The number of oxazole rings is 1. The Morgan fingerprint density at radius 1 is 1.14 bits per heavy atom. The van der Waals surface area contributed by atoms with Crippen molar-refractivity contribution in [3.05, 3.63) is 84.0 Å². The van der Waals surface area contributed by atoms with Crippen LogP contribution in [0.1, 0.15) is 41.6 Å². The van der Waals surface area contributed by atoms with Gasteiger partial charge in [0.15, 0.2) is 11.5 Å². The number of ether oxygens (including phenoxy) is 1. The second-order valence-corrected chi connectivity index (χ2v) is 7.02. The molecule has 0 spiro atoms. The first-order valence-electron chi connectivity index (χ1n) is 9.42. The largest absolute Gasteiger partial charge is 0.489 e. The van der Waals surface area contributed by atoms with E-state index in [4.69, 9.17) is 9.15 Å². The number of hydrogen-bond donors (Lipinski definition) is 1. The zero-order valence-electron chi connectivity index (χ0n) is 16.3. The first kappa shape index (κ1) is 18.7. The number of amides is 1. The van der Waals surface area contributed by atoms with Gasteiger partial charge in [0.2, 0.25) is 0 Å². The van der Waals surface area contributed by atoms with Gasteiger partial charge in [0.1, 0.15) is 17.9 Å². The van der Waals surface area contributed by atoms with Crippen LogP contribution >= 0.6 is 0 Å². The number of carbonyl (C=O) groups excluding carboxylic acids is 1. The highest BCUT2D eigenvalue weighted by Gasteiger charge is 2.12. The van der Waals surface area contributed by atoms with Gasteiger partial charge >= 0.3 is 0 Å². The van der Waals surface area contributed by atoms with E-state index in [1.54, 1.807) is 36.7 Å². The van der Waals surface area contributed by atoms with E-state index in [1.165, 1.54) is 0 Å². The Hall–Kier alpha value is -3.67. The van der Waals surface area contributed by atoms with Crippen LogP contribution in [0, 0.1) is 0 Å². The Morgan fingerprint density at radius 2 is 2.03 bits per heavy atom. The van der Waals surface area contributed by atoms with E-state index in [9.17, 15) is 4.79 Å². The zero-order valence-corrected chi connectivity index (χ0v) is 16.3. The average molecular weight is 387 g/mol. The summed E-state index contributed by atoms with van der Waals surface area (Å²) in [6.45, 7) is 4.44. The minimum absolute atomic E-state index is 0.204. The third-order valence-electron chi connectivity index (χ3n) is 4.38. The number of nitrogens with one attached hydrogen (secondary N) is 1. The molecule has 0 aliphatic rings. The molecule has 0 fully saturated rings. The van der Waals surface area contributed by atoms with Gasteiger partial charge in [-0.2, -0.15) is 0 Å². The summed E-state index contributed by atoms with van der Waals surface area (Å²) in [4.78, 5) is 21.2. The molecule has 29 heavy (non-hydrogen) atoms. The highest BCUT2D eigenvalue weighted by atomic mass is 16.5. The SMILES string of the molecule is CC(C)c1nc2cc(NC(=O)c3cccc(OCc4cccnc4)c3)ccc2o1. The Bertz CT molecular complexity index is 1140. The third-order valence-corrected chi connectivity index (χ3v) is 4.38. The first-order chi connectivity index (χ1) is 14.1. The molecule has 0 saturated heterocycles. The molecule has 0 aliphatic heterocycles. The average Bonchev–Trinajstić information content (AvgIpc) is 3.17. The Kier molecular flexibility index (Phi) is 5.24. The second kappa shape index (κ2) is 8.14. The number of carbonyl (C=O) groups is 1. The van der Waals surface area contributed by atoms with Crippen LogP contribution < -0.4 is 10.1 Å². The summed E-state index contributed by atoms with van der Waals surface area (Å²) in [5.41, 5.74) is 3.56. The van der Waals surface area contributed by atoms with E-state index < -0.39 is 0 Å². The maximum Gasteiger partial charge on any atom is 0.255 e. The summed E-state index contributed by atoms with van der Waals surface area (Å²) < 4.78 is 11.5. The van der Waals surface area contributed by atoms with Gasteiger partial charge in [0.05, 0.1) is 0 Å². The fraction of sp³-hybridized carbons (Fsp3) is 0.174. The number of benzene rings is 2. The number of nitrogens with zero attached hydrogens (tertiary/aromatic N) is 2. The maximum atomic E-state index is 12.7. The Morgan fingerprint density at radius 3 is 2.83 bits per heavy atom. The molecule has 146 valence electrons. The second-order valence-electron chi connectivity index (χ2n) is 7.02. The van der Waals surface area contributed by atoms with Crippen molar-refractivity contribution in [1.29, 1.82) is 0 Å². The van der Waals surface area contributed by atoms with Gasteiger partial charge in [-0.3, -0.25) is 9.78 Å². The van der Waals surface area contributed by atoms with Gasteiger partial charge in [-0.1, -0.05) is 26.0 Å². The molecule has 4 rings (SSSR count). The van der Waals surface area contributed by atoms with Gasteiger partial charge in [-0.15, -0.1) is 0 Å². The number of hydrogen-bond acceptors (Lipinski definition) is 5. The van der Waals surface area contributed by atoms with Crippen LogP contribution in [0.25, 0.3) is 11.1 Å². The summed E-state index contributed by atoms with van der Waals surface area (Å²) >= 11 is 0. The highest BCUT2D eigenvalue weighted by molar-refractivity contribution is 6.05. The molecule has 0 aliphatic carbocycles. The molecule has 2 aromatic heterocycles. The Balaban J connectivity index is 1.46. The van der Waals surface area contributed by atoms with Crippen LogP contribution in [0.5, 0.6) is 5.75 Å². The zero-order chi connectivity index (χ0) is 20.2. The highest BCUT2D eigenvalue weighted by Crippen LogP contribution is 2.24. The summed E-state index contributed by atoms with van der Waals surface area (Å²) in [5, 5.41) is 2.90. The predicted molar refractivity (Wildman–Crippen MR) is 111 cm³/mol. The van der Waals surface area contributed by atoms with E-state index in [0.717, 1.165) is 11.1 Å². The monoisotopic (exact) mass is 387 g/mol. The lowest BCUT2D eigenvalue weighted by atomic mass is 10.2. The van der Waals surface area contributed by atoms with Crippen LogP contribution in [0.4, 0.5) is 5.69 Å². The molecule has 0 bridgehead atoms. The maximum absolute atomic E-state index is 12.7. The summed E-state index contributed by atoms with van der Waals surface area (Å²) in [6, 6.07) is 16.3. The molecule has 0 unspecified atom stereocenters. The number of anilines is 1. The smallest absolute Gasteiger partial charge is 0.255 e. The molecule has 6 nitrogen and oxygen atoms in total. The lowest BCUT2D eigenvalue weighted by Gasteiger charge is -2.09. The molecule has 0 radical (unpaired) electrons. The summed E-state index contributed by atoms with van der Waals surface area (Å²) in [7, 11) is 0. The van der Waals surface area contributed by atoms with Crippen molar-refractivity contribution in [2.75, 3.05) is 5.32 Å². The van der Waals surface area contributed by atoms with E-state index >= 15 is 0 Å². The van der Waals surface area contributed by atoms with Crippen molar-refractivity contribution >= 4 is 22.7 Å². The molecule has 2 heterocycles. The predicted octanol–water partition coefficient (Wildman–Crippen LogP) is 5.18. The van der Waals surface area contributed by atoms with E-state index in [1.807, 2.05) is 44.2 Å². The van der Waals surface area contributed by atoms with Gasteiger partial charge in [-0.05, 0) is 42.5 Å². The minimum Gasteiger partial charge on any atom is -0.489 e. The van der Waals surface area contributed by atoms with Gasteiger partial charge < -0.3 is 14.5 Å². The van der Waals surface area contributed by atoms with Crippen molar-refractivity contribution in [3.8, 4) is 5.75 Å². The van der Waals surface area contributed by atoms with E-state index in [0.29, 0.717) is 35.1 Å². The number of fused-ring (bicyclic) bond motifs is 1. The standard InChI is InChI=1S/C23H21N3O3/c1-15(2)23-26-20-12-18(8-9-21(20)29-23)25-22(27)17-6-3-7-19(11-17)28-14-16-5-4-10-24-13-16/h3-13,15H,14H2,1-2H3,(H,25,27). The number of rotatable bonds is 6. The fourth-order valence-corrected chi connectivity index (χ4v) is 2.85. The lowest BCUT2D eigenvalue weighted by molar-refractivity contribution is 0.102. The van der Waals surface area contributed by atoms with Crippen LogP contribution in [0.3, 0.4) is 0 Å². The van der Waals surface area contributed by atoms with E-state index in [2.05, 4.69) is 15.3 Å².